The van der Waals surface area contributed by atoms with Gasteiger partial charge in [-0.3, -0.25) is 0 Å². The van der Waals surface area contributed by atoms with Gasteiger partial charge < -0.3 is 10.2 Å². The highest BCUT2D eigenvalue weighted by Crippen LogP contribution is 2.05. The maximum atomic E-state index is 9.52. The van der Waals surface area contributed by atoms with Crippen molar-refractivity contribution in [3.63, 3.8) is 0 Å². The van der Waals surface area contributed by atoms with E-state index < -0.39 is 12.2 Å². The van der Waals surface area contributed by atoms with Crippen LogP contribution >= 0.6 is 0 Å². The van der Waals surface area contributed by atoms with Crippen LogP contribution in [0.2, 0.25) is 0 Å². The Kier molecular flexibility index (Phi) is 12.4. The molecule has 0 aliphatic carbocycles. The Balaban J connectivity index is 3.75. The van der Waals surface area contributed by atoms with Gasteiger partial charge >= 0.3 is 0 Å². The summed E-state index contributed by atoms with van der Waals surface area (Å²) >= 11 is 0. The van der Waals surface area contributed by atoms with E-state index in [1.54, 1.807) is 6.08 Å². The zero-order valence-electron chi connectivity index (χ0n) is 12.2. The fraction of sp³-hybridized carbons (Fsp3) is 0.647. The lowest BCUT2D eigenvalue weighted by atomic mass is 10.1. The minimum absolute atomic E-state index is 0.592. The first-order valence-electron chi connectivity index (χ1n) is 7.24. The fourth-order valence-corrected chi connectivity index (χ4v) is 1.47. The first kappa shape index (κ1) is 17.8. The number of hydrogen-bond acceptors (Lipinski definition) is 2. The van der Waals surface area contributed by atoms with Gasteiger partial charge in [0.25, 0.3) is 0 Å². The van der Waals surface area contributed by atoms with Gasteiger partial charge in [-0.1, -0.05) is 57.4 Å². The van der Waals surface area contributed by atoms with Crippen LogP contribution in [0.4, 0.5) is 0 Å². The molecule has 0 heterocycles. The molecule has 2 unspecified atom stereocenters. The molecule has 0 spiro atoms. The van der Waals surface area contributed by atoms with Crippen molar-refractivity contribution in [1.29, 1.82) is 0 Å². The third kappa shape index (κ3) is 13.0. The summed E-state index contributed by atoms with van der Waals surface area (Å²) < 4.78 is 0. The van der Waals surface area contributed by atoms with Crippen molar-refractivity contribution in [1.82, 2.24) is 0 Å². The largest absolute Gasteiger partial charge is 0.380 e. The summed E-state index contributed by atoms with van der Waals surface area (Å²) in [4.78, 5) is 0. The molecule has 19 heavy (non-hydrogen) atoms. The SMILES string of the molecule is CCCCCCC/C=C\C(O)C#CC#CC(O)CC. The Morgan fingerprint density at radius 3 is 2.32 bits per heavy atom. The molecule has 2 N–H and O–H groups in total. The molecule has 0 radical (unpaired) electrons. The smallest absolute Gasteiger partial charge is 0.134 e. The second-order valence-electron chi connectivity index (χ2n) is 4.54. The molecule has 0 saturated carbocycles. The van der Waals surface area contributed by atoms with Gasteiger partial charge in [-0.05, 0) is 37.2 Å². The van der Waals surface area contributed by atoms with Crippen molar-refractivity contribution >= 4 is 0 Å². The lowest BCUT2D eigenvalue weighted by Crippen LogP contribution is -1.99. The zero-order chi connectivity index (χ0) is 14.3. The second kappa shape index (κ2) is 13.2. The standard InChI is InChI=1S/C17H26O2/c1-3-5-6-7-8-9-10-14-17(19)15-12-11-13-16(18)4-2/h10,14,16-19H,3-9H2,1-2H3/b14-10-. The number of aliphatic hydroxyl groups is 2. The van der Waals surface area contributed by atoms with Crippen LogP contribution < -0.4 is 0 Å². The van der Waals surface area contributed by atoms with Gasteiger partial charge in [0.1, 0.15) is 12.2 Å². The molecule has 0 amide bonds. The first-order valence-corrected chi connectivity index (χ1v) is 7.24. The summed E-state index contributed by atoms with van der Waals surface area (Å²) in [6.45, 7) is 4.06. The van der Waals surface area contributed by atoms with Crippen molar-refractivity contribution in [2.24, 2.45) is 0 Å². The average molecular weight is 262 g/mol. The zero-order valence-corrected chi connectivity index (χ0v) is 12.2. The van der Waals surface area contributed by atoms with Crippen molar-refractivity contribution in [2.45, 2.75) is 71.0 Å². The van der Waals surface area contributed by atoms with E-state index in [4.69, 9.17) is 5.11 Å². The predicted molar refractivity (Wildman–Crippen MR) is 80.4 cm³/mol. The molecular weight excluding hydrogens is 236 g/mol. The number of rotatable bonds is 8. The van der Waals surface area contributed by atoms with Crippen molar-refractivity contribution in [3.05, 3.63) is 12.2 Å². The van der Waals surface area contributed by atoms with E-state index in [-0.39, 0.29) is 0 Å². The molecule has 0 aliphatic heterocycles. The average Bonchev–Trinajstić information content (AvgIpc) is 2.42. The van der Waals surface area contributed by atoms with Crippen LogP contribution in [0.1, 0.15) is 58.8 Å². The molecule has 2 nitrogen and oxygen atoms in total. The Labute approximate surface area is 117 Å². The van der Waals surface area contributed by atoms with Crippen LogP contribution in [0.3, 0.4) is 0 Å². The molecule has 0 aromatic carbocycles. The van der Waals surface area contributed by atoms with E-state index in [0.29, 0.717) is 6.42 Å². The molecule has 2 heteroatoms. The fourth-order valence-electron chi connectivity index (χ4n) is 1.47. The quantitative estimate of drug-likeness (QED) is 0.401. The molecule has 0 bridgehead atoms. The highest BCUT2D eigenvalue weighted by molar-refractivity contribution is 5.29. The monoisotopic (exact) mass is 262 g/mol. The molecule has 2 atom stereocenters. The highest BCUT2D eigenvalue weighted by Gasteiger charge is 1.91. The van der Waals surface area contributed by atoms with Crippen LogP contribution in [0, 0.1) is 23.7 Å². The topological polar surface area (TPSA) is 40.5 Å². The maximum Gasteiger partial charge on any atom is 0.134 e. The lowest BCUT2D eigenvalue weighted by molar-refractivity contribution is 0.228. The Bertz CT molecular complexity index is 349. The van der Waals surface area contributed by atoms with Gasteiger partial charge in [0, 0.05) is 0 Å². The third-order valence-electron chi connectivity index (χ3n) is 2.70. The summed E-state index contributed by atoms with van der Waals surface area (Å²) in [5.74, 6) is 10.3. The van der Waals surface area contributed by atoms with Crippen molar-refractivity contribution in [3.8, 4) is 23.7 Å². The van der Waals surface area contributed by atoms with Crippen LogP contribution in [0.25, 0.3) is 0 Å². The maximum absolute atomic E-state index is 9.52. The minimum Gasteiger partial charge on any atom is -0.380 e. The van der Waals surface area contributed by atoms with E-state index >= 15 is 0 Å². The number of unbranched alkanes of at least 4 members (excludes halogenated alkanes) is 5. The Morgan fingerprint density at radius 2 is 1.63 bits per heavy atom. The van der Waals surface area contributed by atoms with Crippen LogP contribution in [0.15, 0.2) is 12.2 Å². The van der Waals surface area contributed by atoms with E-state index in [1.807, 2.05) is 13.0 Å². The lowest BCUT2D eigenvalue weighted by Gasteiger charge is -1.97. The summed E-state index contributed by atoms with van der Waals surface area (Å²) in [6, 6.07) is 0. The third-order valence-corrected chi connectivity index (χ3v) is 2.70. The number of allylic oxidation sites excluding steroid dienone is 1. The molecule has 0 rings (SSSR count). The van der Waals surface area contributed by atoms with E-state index in [9.17, 15) is 5.11 Å². The summed E-state index contributed by atoms with van der Waals surface area (Å²) in [7, 11) is 0. The molecule has 0 fully saturated rings. The summed E-state index contributed by atoms with van der Waals surface area (Å²) in [5, 5.41) is 18.7. The van der Waals surface area contributed by atoms with Crippen LogP contribution in [-0.2, 0) is 0 Å². The summed E-state index contributed by atoms with van der Waals surface area (Å²) in [6.07, 6.45) is 10.1. The van der Waals surface area contributed by atoms with Crippen LogP contribution in [0.5, 0.6) is 0 Å². The molecule has 0 aliphatic rings. The number of hydrogen-bond donors (Lipinski definition) is 2. The van der Waals surface area contributed by atoms with Crippen molar-refractivity contribution in [2.75, 3.05) is 0 Å². The van der Waals surface area contributed by atoms with Gasteiger partial charge in [-0.25, -0.2) is 0 Å². The number of aliphatic hydroxyl groups excluding tert-OH is 2. The predicted octanol–water partition coefficient (Wildman–Crippen LogP) is 3.04. The molecule has 0 saturated heterocycles. The van der Waals surface area contributed by atoms with Crippen LogP contribution in [-0.4, -0.2) is 22.4 Å². The molecule has 0 aromatic heterocycles. The Morgan fingerprint density at radius 1 is 0.947 bits per heavy atom. The summed E-state index contributed by atoms with van der Waals surface area (Å²) in [5.41, 5.74) is 0. The first-order chi connectivity index (χ1) is 9.20. The minimum atomic E-state index is -0.760. The van der Waals surface area contributed by atoms with E-state index in [2.05, 4.69) is 30.6 Å². The van der Waals surface area contributed by atoms with E-state index in [0.717, 1.165) is 6.42 Å². The van der Waals surface area contributed by atoms with Gasteiger partial charge in [-0.15, -0.1) is 0 Å². The van der Waals surface area contributed by atoms with Gasteiger partial charge in [0.2, 0.25) is 0 Å². The molecular formula is C17H26O2. The highest BCUT2D eigenvalue weighted by atomic mass is 16.3. The second-order valence-corrected chi connectivity index (χ2v) is 4.54. The molecule has 106 valence electrons. The Hall–Kier alpha value is -1.22. The van der Waals surface area contributed by atoms with Gasteiger partial charge in [0.15, 0.2) is 0 Å². The normalized spacial score (nSPS) is 13.3. The van der Waals surface area contributed by atoms with Gasteiger partial charge in [0.05, 0.1) is 0 Å². The van der Waals surface area contributed by atoms with Crippen molar-refractivity contribution < 1.29 is 10.2 Å². The molecule has 0 aromatic rings. The van der Waals surface area contributed by atoms with Gasteiger partial charge in [-0.2, -0.15) is 0 Å². The van der Waals surface area contributed by atoms with E-state index in [1.165, 1.54) is 32.1 Å².